The van der Waals surface area contributed by atoms with Gasteiger partial charge in [0.25, 0.3) is 0 Å². The Morgan fingerprint density at radius 2 is 1.66 bits per heavy atom. The van der Waals surface area contributed by atoms with Gasteiger partial charge in [-0.05, 0) is 54.4 Å². The summed E-state index contributed by atoms with van der Waals surface area (Å²) >= 11 is 0. The van der Waals surface area contributed by atoms with E-state index in [2.05, 4.69) is 9.46 Å². The van der Waals surface area contributed by atoms with E-state index in [-0.39, 0.29) is 17.0 Å². The van der Waals surface area contributed by atoms with E-state index in [1.54, 1.807) is 37.3 Å². The van der Waals surface area contributed by atoms with Crippen molar-refractivity contribution < 1.29 is 22.7 Å². The molecule has 3 aromatic rings. The second-order valence-electron chi connectivity index (χ2n) is 6.36. The van der Waals surface area contributed by atoms with Crippen LogP contribution in [-0.4, -0.2) is 21.5 Å². The van der Waals surface area contributed by atoms with Crippen LogP contribution in [0.4, 0.5) is 0 Å². The molecule has 3 aromatic carbocycles. The number of esters is 1. The molecular formula is C22H21NO5S. The van der Waals surface area contributed by atoms with Crippen LogP contribution >= 0.6 is 0 Å². The zero-order chi connectivity index (χ0) is 20.9. The lowest BCUT2D eigenvalue weighted by molar-refractivity contribution is 0.0600. The minimum absolute atomic E-state index is 0.0390. The van der Waals surface area contributed by atoms with E-state index in [1.807, 2.05) is 30.3 Å². The van der Waals surface area contributed by atoms with E-state index in [9.17, 15) is 13.2 Å². The van der Waals surface area contributed by atoms with Crippen molar-refractivity contribution in [1.82, 2.24) is 4.72 Å². The molecular weight excluding hydrogens is 390 g/mol. The molecule has 0 atom stereocenters. The van der Waals surface area contributed by atoms with Gasteiger partial charge in [-0.1, -0.05) is 36.4 Å². The van der Waals surface area contributed by atoms with Crippen molar-refractivity contribution in [3.63, 3.8) is 0 Å². The minimum atomic E-state index is -3.82. The number of nitrogens with one attached hydrogen (secondary N) is 1. The van der Waals surface area contributed by atoms with Gasteiger partial charge in [-0.2, -0.15) is 0 Å². The molecule has 0 aromatic heterocycles. The monoisotopic (exact) mass is 411 g/mol. The molecule has 6 nitrogen and oxygen atoms in total. The average Bonchev–Trinajstić information content (AvgIpc) is 2.73. The molecule has 0 aliphatic carbocycles. The van der Waals surface area contributed by atoms with E-state index in [0.717, 1.165) is 5.56 Å². The van der Waals surface area contributed by atoms with Crippen LogP contribution in [0.2, 0.25) is 0 Å². The molecule has 0 fully saturated rings. The number of para-hydroxylation sites is 1. The lowest BCUT2D eigenvalue weighted by atomic mass is 10.1. The SMILES string of the molecule is COC(=O)c1ccc(C)c(S(=O)(=O)NCc2cccc(Oc3ccccc3)c2)c1. The highest BCUT2D eigenvalue weighted by Gasteiger charge is 2.19. The fraction of sp³-hybridized carbons (Fsp3) is 0.136. The third-order valence-electron chi connectivity index (χ3n) is 4.24. The van der Waals surface area contributed by atoms with Crippen molar-refractivity contribution >= 4 is 16.0 Å². The van der Waals surface area contributed by atoms with E-state index in [0.29, 0.717) is 17.1 Å². The van der Waals surface area contributed by atoms with Crippen LogP contribution in [0.5, 0.6) is 11.5 Å². The van der Waals surface area contributed by atoms with E-state index >= 15 is 0 Å². The molecule has 0 amide bonds. The molecule has 0 unspecified atom stereocenters. The first-order valence-corrected chi connectivity index (χ1v) is 10.4. The van der Waals surface area contributed by atoms with Gasteiger partial charge in [0.1, 0.15) is 11.5 Å². The van der Waals surface area contributed by atoms with Gasteiger partial charge in [-0.15, -0.1) is 0 Å². The van der Waals surface area contributed by atoms with Gasteiger partial charge in [0, 0.05) is 6.54 Å². The van der Waals surface area contributed by atoms with Crippen molar-refractivity contribution in [2.75, 3.05) is 7.11 Å². The molecule has 1 N–H and O–H groups in total. The van der Waals surface area contributed by atoms with Crippen LogP contribution in [0.25, 0.3) is 0 Å². The van der Waals surface area contributed by atoms with Gasteiger partial charge in [0.15, 0.2) is 0 Å². The van der Waals surface area contributed by atoms with Gasteiger partial charge >= 0.3 is 5.97 Å². The maximum atomic E-state index is 12.8. The molecule has 3 rings (SSSR count). The third-order valence-corrected chi connectivity index (χ3v) is 5.79. The summed E-state index contributed by atoms with van der Waals surface area (Å²) in [5.41, 5.74) is 1.45. The first-order valence-electron chi connectivity index (χ1n) is 8.89. The van der Waals surface area contributed by atoms with E-state index in [4.69, 9.17) is 4.74 Å². The number of benzene rings is 3. The van der Waals surface area contributed by atoms with Gasteiger partial charge in [0.05, 0.1) is 17.6 Å². The Morgan fingerprint density at radius 1 is 0.931 bits per heavy atom. The number of sulfonamides is 1. The normalized spacial score (nSPS) is 11.1. The van der Waals surface area contributed by atoms with Crippen LogP contribution in [0.3, 0.4) is 0 Å². The third kappa shape index (κ3) is 5.22. The topological polar surface area (TPSA) is 81.7 Å². The van der Waals surface area contributed by atoms with Crippen LogP contribution in [0.1, 0.15) is 21.5 Å². The van der Waals surface area contributed by atoms with Crippen LogP contribution in [0, 0.1) is 6.92 Å². The fourth-order valence-electron chi connectivity index (χ4n) is 2.73. The van der Waals surface area contributed by atoms with Gasteiger partial charge in [-0.3, -0.25) is 0 Å². The first-order chi connectivity index (χ1) is 13.9. The molecule has 7 heteroatoms. The summed E-state index contributed by atoms with van der Waals surface area (Å²) in [5.74, 6) is 0.712. The summed E-state index contributed by atoms with van der Waals surface area (Å²) in [6.07, 6.45) is 0. The number of ether oxygens (including phenoxy) is 2. The number of carbonyl (C=O) groups excluding carboxylic acids is 1. The number of carbonyl (C=O) groups is 1. The second kappa shape index (κ2) is 8.89. The summed E-state index contributed by atoms with van der Waals surface area (Å²) < 4.78 is 38.6. The van der Waals surface area contributed by atoms with E-state index in [1.165, 1.54) is 19.2 Å². The predicted molar refractivity (Wildman–Crippen MR) is 110 cm³/mol. The molecule has 0 bridgehead atoms. The van der Waals surface area contributed by atoms with Crippen molar-refractivity contribution in [2.24, 2.45) is 0 Å². The summed E-state index contributed by atoms with van der Waals surface area (Å²) in [6.45, 7) is 1.75. The molecule has 0 radical (unpaired) electrons. The molecule has 0 heterocycles. The Balaban J connectivity index is 1.75. The Kier molecular flexibility index (Phi) is 6.31. The van der Waals surface area contributed by atoms with Gasteiger partial charge in [0.2, 0.25) is 10.0 Å². The zero-order valence-electron chi connectivity index (χ0n) is 16.1. The van der Waals surface area contributed by atoms with Crippen LogP contribution < -0.4 is 9.46 Å². The molecule has 0 saturated heterocycles. The Morgan fingerprint density at radius 3 is 2.38 bits per heavy atom. The zero-order valence-corrected chi connectivity index (χ0v) is 16.9. The van der Waals surface area contributed by atoms with Crippen molar-refractivity contribution in [3.05, 3.63) is 89.5 Å². The van der Waals surface area contributed by atoms with Gasteiger partial charge < -0.3 is 9.47 Å². The quantitative estimate of drug-likeness (QED) is 0.593. The Bertz CT molecular complexity index is 1110. The van der Waals surface area contributed by atoms with Crippen molar-refractivity contribution in [3.8, 4) is 11.5 Å². The molecule has 0 saturated carbocycles. The first kappa shape index (κ1) is 20.6. The predicted octanol–water partition coefficient (Wildman–Crippen LogP) is 4.05. The summed E-state index contributed by atoms with van der Waals surface area (Å²) in [5, 5.41) is 0. The molecule has 0 aliphatic heterocycles. The summed E-state index contributed by atoms with van der Waals surface area (Å²) in [7, 11) is -2.57. The number of aryl methyl sites for hydroxylation is 1. The number of rotatable bonds is 7. The lowest BCUT2D eigenvalue weighted by Gasteiger charge is -2.12. The maximum Gasteiger partial charge on any atom is 0.337 e. The molecule has 150 valence electrons. The fourth-order valence-corrected chi connectivity index (χ4v) is 4.02. The standard InChI is InChI=1S/C22H21NO5S/c1-16-11-12-18(22(24)27-2)14-21(16)29(25,26)23-15-17-7-6-10-20(13-17)28-19-8-4-3-5-9-19/h3-14,23H,15H2,1-2H3. The Hall–Kier alpha value is -3.16. The summed E-state index contributed by atoms with van der Waals surface area (Å²) in [4.78, 5) is 11.8. The number of methoxy groups -OCH3 is 1. The van der Waals surface area contributed by atoms with Crippen LogP contribution in [0.15, 0.2) is 77.7 Å². The highest BCUT2D eigenvalue weighted by molar-refractivity contribution is 7.89. The minimum Gasteiger partial charge on any atom is -0.465 e. The lowest BCUT2D eigenvalue weighted by Crippen LogP contribution is -2.24. The largest absolute Gasteiger partial charge is 0.465 e. The summed E-state index contributed by atoms with van der Waals surface area (Å²) in [6, 6.07) is 20.9. The highest BCUT2D eigenvalue weighted by atomic mass is 32.2. The van der Waals surface area contributed by atoms with Crippen molar-refractivity contribution in [2.45, 2.75) is 18.4 Å². The number of hydrogen-bond donors (Lipinski definition) is 1. The van der Waals surface area contributed by atoms with E-state index < -0.39 is 16.0 Å². The second-order valence-corrected chi connectivity index (χ2v) is 8.09. The maximum absolute atomic E-state index is 12.8. The van der Waals surface area contributed by atoms with Crippen molar-refractivity contribution in [1.29, 1.82) is 0 Å². The molecule has 0 aliphatic rings. The Labute approximate surface area is 170 Å². The van der Waals surface area contributed by atoms with Gasteiger partial charge in [-0.25, -0.2) is 17.9 Å². The molecule has 0 spiro atoms. The average molecular weight is 411 g/mol. The number of hydrogen-bond acceptors (Lipinski definition) is 5. The highest BCUT2D eigenvalue weighted by Crippen LogP contribution is 2.22. The molecule has 29 heavy (non-hydrogen) atoms. The smallest absolute Gasteiger partial charge is 0.337 e. The van der Waals surface area contributed by atoms with Crippen LogP contribution in [-0.2, 0) is 21.3 Å².